The van der Waals surface area contributed by atoms with Crippen LogP contribution in [0.4, 0.5) is 13.2 Å². The van der Waals surface area contributed by atoms with Gasteiger partial charge in [0, 0.05) is 35.8 Å². The first-order valence-electron chi connectivity index (χ1n) is 5.96. The van der Waals surface area contributed by atoms with E-state index in [-0.39, 0.29) is 11.5 Å². The molecule has 1 fully saturated rings. The van der Waals surface area contributed by atoms with E-state index in [1.807, 2.05) is 10.8 Å². The molecule has 1 aromatic carbocycles. The molecule has 2 nitrogen and oxygen atoms in total. The van der Waals surface area contributed by atoms with E-state index in [9.17, 15) is 13.2 Å². The SMILES string of the molecule is Fc1cc(F)c([C@]23CC2c2c[nH]c(=S)n2C3)cc1F. The lowest BCUT2D eigenvalue weighted by molar-refractivity contribution is 0.473. The molecule has 0 amide bonds. The number of H-pyrrole nitrogens is 1. The van der Waals surface area contributed by atoms with E-state index in [1.54, 1.807) is 0 Å². The van der Waals surface area contributed by atoms with E-state index in [4.69, 9.17) is 12.2 Å². The van der Waals surface area contributed by atoms with Crippen LogP contribution in [0.3, 0.4) is 0 Å². The molecule has 2 atom stereocenters. The molecule has 1 aliphatic heterocycles. The molecule has 2 heterocycles. The quantitative estimate of drug-likeness (QED) is 0.628. The highest BCUT2D eigenvalue weighted by atomic mass is 32.1. The number of aromatic amines is 1. The molecule has 1 unspecified atom stereocenters. The molecule has 1 aromatic heterocycles. The van der Waals surface area contributed by atoms with Gasteiger partial charge in [0.25, 0.3) is 0 Å². The van der Waals surface area contributed by atoms with Crippen LogP contribution in [0.25, 0.3) is 0 Å². The van der Waals surface area contributed by atoms with Crippen molar-refractivity contribution in [2.45, 2.75) is 24.3 Å². The van der Waals surface area contributed by atoms with Crippen molar-refractivity contribution in [2.75, 3.05) is 0 Å². The fourth-order valence-corrected chi connectivity index (χ4v) is 3.53. The van der Waals surface area contributed by atoms with Crippen molar-refractivity contribution in [2.24, 2.45) is 0 Å². The first kappa shape index (κ1) is 11.3. The zero-order chi connectivity index (χ0) is 13.4. The number of aromatic nitrogens is 2. The van der Waals surface area contributed by atoms with E-state index in [0.717, 1.165) is 18.2 Å². The van der Waals surface area contributed by atoms with Gasteiger partial charge in [-0.3, -0.25) is 0 Å². The first-order valence-corrected chi connectivity index (χ1v) is 6.37. The number of hydrogen-bond acceptors (Lipinski definition) is 1. The smallest absolute Gasteiger partial charge is 0.177 e. The Bertz CT molecular complexity index is 764. The van der Waals surface area contributed by atoms with Gasteiger partial charge in [-0.1, -0.05) is 0 Å². The van der Waals surface area contributed by atoms with Crippen molar-refractivity contribution < 1.29 is 13.2 Å². The van der Waals surface area contributed by atoms with Crippen LogP contribution in [-0.4, -0.2) is 9.55 Å². The van der Waals surface area contributed by atoms with E-state index >= 15 is 0 Å². The second kappa shape index (κ2) is 3.30. The third-order valence-corrected chi connectivity index (χ3v) is 4.66. The fourth-order valence-electron chi connectivity index (χ4n) is 3.30. The summed E-state index contributed by atoms with van der Waals surface area (Å²) in [5.74, 6) is -2.69. The molecule has 2 aliphatic rings. The summed E-state index contributed by atoms with van der Waals surface area (Å²) in [6.07, 6.45) is 2.57. The average Bonchev–Trinajstić information content (AvgIpc) is 2.83. The molecule has 1 saturated carbocycles. The number of hydrogen-bond donors (Lipinski definition) is 1. The third kappa shape index (κ3) is 1.30. The minimum absolute atomic E-state index is 0.139. The van der Waals surface area contributed by atoms with Gasteiger partial charge < -0.3 is 9.55 Å². The van der Waals surface area contributed by atoms with Gasteiger partial charge in [0.15, 0.2) is 16.4 Å². The van der Waals surface area contributed by atoms with Crippen LogP contribution in [0.2, 0.25) is 0 Å². The maximum absolute atomic E-state index is 13.9. The molecule has 19 heavy (non-hydrogen) atoms. The van der Waals surface area contributed by atoms with Gasteiger partial charge in [-0.25, -0.2) is 13.2 Å². The molecule has 2 aromatic rings. The lowest BCUT2D eigenvalue weighted by Crippen LogP contribution is -2.15. The summed E-state index contributed by atoms with van der Waals surface area (Å²) in [6.45, 7) is 0.525. The number of halogens is 3. The zero-order valence-electron chi connectivity index (χ0n) is 9.71. The van der Waals surface area contributed by atoms with Crippen molar-refractivity contribution in [1.29, 1.82) is 0 Å². The normalized spacial score (nSPS) is 27.2. The maximum atomic E-state index is 13.9. The molecule has 0 radical (unpaired) electrons. The van der Waals surface area contributed by atoms with Gasteiger partial charge in [0.1, 0.15) is 5.82 Å². The second-order valence-corrected chi connectivity index (χ2v) is 5.65. The minimum Gasteiger partial charge on any atom is -0.337 e. The number of nitrogens with zero attached hydrogens (tertiary/aromatic N) is 1. The molecular weight excluding hydrogens is 273 g/mol. The topological polar surface area (TPSA) is 20.7 Å². The third-order valence-electron chi connectivity index (χ3n) is 4.32. The van der Waals surface area contributed by atoms with Crippen LogP contribution in [0.1, 0.15) is 23.6 Å². The van der Waals surface area contributed by atoms with Gasteiger partial charge >= 0.3 is 0 Å². The van der Waals surface area contributed by atoms with Crippen molar-refractivity contribution in [3.05, 3.63) is 51.8 Å². The van der Waals surface area contributed by atoms with Gasteiger partial charge in [0.2, 0.25) is 0 Å². The minimum atomic E-state index is -1.15. The molecular formula is C13H9F3N2S. The predicted octanol–water partition coefficient (Wildman–Crippen LogP) is 3.40. The summed E-state index contributed by atoms with van der Waals surface area (Å²) in [7, 11) is 0. The molecule has 6 heteroatoms. The molecule has 1 N–H and O–H groups in total. The predicted molar refractivity (Wildman–Crippen MR) is 65.0 cm³/mol. The van der Waals surface area contributed by atoms with E-state index < -0.39 is 22.9 Å². The monoisotopic (exact) mass is 282 g/mol. The standard InChI is InChI=1S/C13H9F3N2S/c14-8-2-10(16)9(15)1-6(8)13-3-7(13)11-4-17-12(19)18(11)5-13/h1-2,4,7H,3,5H2,(H,17,19)/t7?,13-/m1/s1. The van der Waals surface area contributed by atoms with Crippen LogP contribution >= 0.6 is 12.2 Å². The van der Waals surface area contributed by atoms with E-state index in [1.165, 1.54) is 0 Å². The van der Waals surface area contributed by atoms with Crippen LogP contribution in [0.5, 0.6) is 0 Å². The van der Waals surface area contributed by atoms with Crippen molar-refractivity contribution in [3.63, 3.8) is 0 Å². The Balaban J connectivity index is 1.85. The Hall–Kier alpha value is -1.56. The van der Waals surface area contributed by atoms with Gasteiger partial charge in [-0.05, 0) is 30.3 Å². The summed E-state index contributed by atoms with van der Waals surface area (Å²) < 4.78 is 42.8. The van der Waals surface area contributed by atoms with Crippen molar-refractivity contribution in [3.8, 4) is 0 Å². The van der Waals surface area contributed by atoms with E-state index in [2.05, 4.69) is 4.98 Å². The summed E-state index contributed by atoms with van der Waals surface area (Å²) in [5.41, 5.74) is 0.833. The Morgan fingerprint density at radius 2 is 1.95 bits per heavy atom. The number of imidazole rings is 1. The lowest BCUT2D eigenvalue weighted by Gasteiger charge is -2.14. The number of rotatable bonds is 1. The largest absolute Gasteiger partial charge is 0.337 e. The summed E-state index contributed by atoms with van der Waals surface area (Å²) >= 11 is 5.14. The highest BCUT2D eigenvalue weighted by Crippen LogP contribution is 2.65. The fraction of sp³-hybridized carbons (Fsp3) is 0.308. The highest BCUT2D eigenvalue weighted by Gasteiger charge is 2.62. The van der Waals surface area contributed by atoms with Gasteiger partial charge in [-0.15, -0.1) is 0 Å². The average molecular weight is 282 g/mol. The van der Waals surface area contributed by atoms with Crippen molar-refractivity contribution >= 4 is 12.2 Å². The van der Waals surface area contributed by atoms with Crippen LogP contribution < -0.4 is 0 Å². The summed E-state index contributed by atoms with van der Waals surface area (Å²) in [5, 5.41) is 0. The summed E-state index contributed by atoms with van der Waals surface area (Å²) in [4.78, 5) is 2.95. The first-order chi connectivity index (χ1) is 9.03. The Morgan fingerprint density at radius 3 is 2.68 bits per heavy atom. The Labute approximate surface area is 111 Å². The molecule has 0 bridgehead atoms. The van der Waals surface area contributed by atoms with Crippen LogP contribution in [0.15, 0.2) is 18.3 Å². The number of benzene rings is 1. The number of nitrogens with one attached hydrogen (secondary N) is 1. The lowest BCUT2D eigenvalue weighted by atomic mass is 9.93. The maximum Gasteiger partial charge on any atom is 0.177 e. The number of fused-ring (bicyclic) bond motifs is 3. The molecule has 0 saturated heterocycles. The Kier molecular flexibility index (Phi) is 1.96. The zero-order valence-corrected chi connectivity index (χ0v) is 10.5. The molecule has 1 aliphatic carbocycles. The van der Waals surface area contributed by atoms with Crippen molar-refractivity contribution in [1.82, 2.24) is 9.55 Å². The van der Waals surface area contributed by atoms with Crippen LogP contribution in [-0.2, 0) is 12.0 Å². The highest BCUT2D eigenvalue weighted by molar-refractivity contribution is 7.71. The summed E-state index contributed by atoms with van der Waals surface area (Å²) in [6, 6.07) is 1.62. The molecule has 98 valence electrons. The molecule has 4 rings (SSSR count). The van der Waals surface area contributed by atoms with Gasteiger partial charge in [0.05, 0.1) is 0 Å². The Morgan fingerprint density at radius 1 is 1.21 bits per heavy atom. The second-order valence-electron chi connectivity index (χ2n) is 5.26. The van der Waals surface area contributed by atoms with Gasteiger partial charge in [-0.2, -0.15) is 0 Å². The molecule has 0 spiro atoms. The van der Waals surface area contributed by atoms with Crippen LogP contribution in [0, 0.1) is 22.2 Å². The van der Waals surface area contributed by atoms with E-state index in [0.29, 0.717) is 17.4 Å².